The molecule has 1 heterocycles. The molecule has 0 aliphatic rings. The van der Waals surface area contributed by atoms with Gasteiger partial charge in [-0.2, -0.15) is 9.37 Å². The summed E-state index contributed by atoms with van der Waals surface area (Å²) in [5.74, 6) is -1.22. The summed E-state index contributed by atoms with van der Waals surface area (Å²) in [6, 6.07) is 0.953. The molecule has 5 nitrogen and oxygen atoms in total. The van der Waals surface area contributed by atoms with E-state index in [4.69, 9.17) is 5.73 Å². The highest BCUT2D eigenvalue weighted by molar-refractivity contribution is 14.1. The first-order chi connectivity index (χ1) is 5.52. The number of hydrogen-bond acceptors (Lipinski definition) is 4. The van der Waals surface area contributed by atoms with Gasteiger partial charge >= 0.3 is 5.69 Å². The molecule has 0 unspecified atom stereocenters. The lowest BCUT2D eigenvalue weighted by atomic mass is 10.4. The molecule has 0 amide bonds. The molecule has 0 aliphatic carbocycles. The second kappa shape index (κ2) is 3.17. The minimum atomic E-state index is -0.817. The molecule has 0 aromatic carbocycles. The average molecular weight is 283 g/mol. The third kappa shape index (κ3) is 1.60. The maximum absolute atomic E-state index is 12.5. The monoisotopic (exact) mass is 283 g/mol. The summed E-state index contributed by atoms with van der Waals surface area (Å²) in [7, 11) is 0. The summed E-state index contributed by atoms with van der Waals surface area (Å²) in [4.78, 5) is 12.7. The van der Waals surface area contributed by atoms with E-state index >= 15 is 0 Å². The molecule has 1 aromatic heterocycles. The van der Waals surface area contributed by atoms with Crippen LogP contribution in [-0.2, 0) is 0 Å². The maximum Gasteiger partial charge on any atom is 0.324 e. The molecule has 0 fully saturated rings. The Morgan fingerprint density at radius 2 is 2.33 bits per heavy atom. The van der Waals surface area contributed by atoms with E-state index in [0.717, 1.165) is 6.07 Å². The summed E-state index contributed by atoms with van der Waals surface area (Å²) < 4.78 is 12.6. The van der Waals surface area contributed by atoms with Gasteiger partial charge in [-0.15, -0.1) is 0 Å². The van der Waals surface area contributed by atoms with Gasteiger partial charge in [0.15, 0.2) is 0 Å². The van der Waals surface area contributed by atoms with Crippen LogP contribution < -0.4 is 5.73 Å². The van der Waals surface area contributed by atoms with Crippen LogP contribution in [0, 0.1) is 19.6 Å². The van der Waals surface area contributed by atoms with Crippen LogP contribution in [0.5, 0.6) is 0 Å². The number of anilines is 1. The van der Waals surface area contributed by atoms with Crippen molar-refractivity contribution in [1.29, 1.82) is 0 Å². The molecule has 0 spiro atoms. The number of nitro groups is 1. The third-order valence-electron chi connectivity index (χ3n) is 1.12. The van der Waals surface area contributed by atoms with Gasteiger partial charge in [0, 0.05) is 6.07 Å². The Hall–Kier alpha value is -0.990. The molecule has 0 aliphatic heterocycles. The number of pyridine rings is 1. The predicted octanol–water partition coefficient (Wildman–Crippen LogP) is 1.32. The summed E-state index contributed by atoms with van der Waals surface area (Å²) in [6.45, 7) is 0. The van der Waals surface area contributed by atoms with E-state index in [9.17, 15) is 14.5 Å². The Morgan fingerprint density at radius 1 is 1.75 bits per heavy atom. The SMILES string of the molecule is Nc1nc(F)cc(I)c1[N+](=O)[O-]. The molecule has 7 heteroatoms. The minimum Gasteiger partial charge on any atom is -0.378 e. The molecule has 12 heavy (non-hydrogen) atoms. The Balaban J connectivity index is 3.38. The number of nitrogens with two attached hydrogens (primary N) is 1. The number of aromatic nitrogens is 1. The lowest BCUT2D eigenvalue weighted by Gasteiger charge is -1.97. The van der Waals surface area contributed by atoms with Crippen LogP contribution in [0.2, 0.25) is 0 Å². The van der Waals surface area contributed by atoms with Gasteiger partial charge in [-0.1, -0.05) is 0 Å². The van der Waals surface area contributed by atoms with Crippen LogP contribution in [-0.4, -0.2) is 9.91 Å². The zero-order valence-corrected chi connectivity index (χ0v) is 7.78. The third-order valence-corrected chi connectivity index (χ3v) is 1.95. The lowest BCUT2D eigenvalue weighted by Crippen LogP contribution is -2.02. The highest BCUT2D eigenvalue weighted by atomic mass is 127. The lowest BCUT2D eigenvalue weighted by molar-refractivity contribution is -0.385. The quantitative estimate of drug-likeness (QED) is 0.364. The van der Waals surface area contributed by atoms with Crippen molar-refractivity contribution in [3.05, 3.63) is 25.7 Å². The Morgan fingerprint density at radius 3 is 2.75 bits per heavy atom. The fraction of sp³-hybridized carbons (Fsp3) is 0. The molecule has 64 valence electrons. The molecule has 1 rings (SSSR count). The van der Waals surface area contributed by atoms with E-state index in [2.05, 4.69) is 4.98 Å². The summed E-state index contributed by atoms with van der Waals surface area (Å²) >= 11 is 1.63. The first kappa shape index (κ1) is 9.10. The zero-order valence-electron chi connectivity index (χ0n) is 5.62. The molecular weight excluding hydrogens is 280 g/mol. The van der Waals surface area contributed by atoms with Gasteiger partial charge in [0.25, 0.3) is 0 Å². The van der Waals surface area contributed by atoms with Gasteiger partial charge in [-0.25, -0.2) is 0 Å². The number of nitrogens with zero attached hydrogens (tertiary/aromatic N) is 2. The molecule has 0 bridgehead atoms. The fourth-order valence-electron chi connectivity index (χ4n) is 0.676. The highest BCUT2D eigenvalue weighted by Gasteiger charge is 2.18. The van der Waals surface area contributed by atoms with Gasteiger partial charge in [0.1, 0.15) is 0 Å². The van der Waals surface area contributed by atoms with Crippen molar-refractivity contribution in [3.63, 3.8) is 0 Å². The molecule has 0 saturated heterocycles. The second-order valence-corrected chi connectivity index (χ2v) is 3.08. The van der Waals surface area contributed by atoms with E-state index in [0.29, 0.717) is 0 Å². The summed E-state index contributed by atoms with van der Waals surface area (Å²) in [5, 5.41) is 10.3. The van der Waals surface area contributed by atoms with Crippen LogP contribution in [0.1, 0.15) is 0 Å². The highest BCUT2D eigenvalue weighted by Crippen LogP contribution is 2.25. The fourth-order valence-corrected chi connectivity index (χ4v) is 1.41. The van der Waals surface area contributed by atoms with Crippen molar-refractivity contribution in [2.45, 2.75) is 0 Å². The van der Waals surface area contributed by atoms with Gasteiger partial charge < -0.3 is 5.73 Å². The van der Waals surface area contributed by atoms with E-state index in [1.54, 1.807) is 22.6 Å². The molecule has 0 radical (unpaired) electrons. The molecule has 2 N–H and O–H groups in total. The number of rotatable bonds is 1. The summed E-state index contributed by atoms with van der Waals surface area (Å²) in [6.07, 6.45) is 0. The topological polar surface area (TPSA) is 82.0 Å². The molecule has 1 aromatic rings. The maximum atomic E-state index is 12.5. The van der Waals surface area contributed by atoms with Crippen LogP contribution in [0.3, 0.4) is 0 Å². The number of halogens is 2. The number of hydrogen-bond donors (Lipinski definition) is 1. The van der Waals surface area contributed by atoms with Crippen LogP contribution in [0.15, 0.2) is 6.07 Å². The van der Waals surface area contributed by atoms with Crippen LogP contribution >= 0.6 is 22.6 Å². The van der Waals surface area contributed by atoms with Crippen LogP contribution in [0.25, 0.3) is 0 Å². The largest absolute Gasteiger partial charge is 0.378 e. The van der Waals surface area contributed by atoms with E-state index in [1.165, 1.54) is 0 Å². The average Bonchev–Trinajstić information content (AvgIpc) is 1.82. The molecular formula is C5H3FIN3O2. The number of nitrogen functional groups attached to an aromatic ring is 1. The van der Waals surface area contributed by atoms with Gasteiger partial charge in [0.2, 0.25) is 11.8 Å². The van der Waals surface area contributed by atoms with Crippen molar-refractivity contribution >= 4 is 34.1 Å². The Labute approximate surface area is 80.1 Å². The van der Waals surface area contributed by atoms with Crippen molar-refractivity contribution in [3.8, 4) is 0 Å². The first-order valence-electron chi connectivity index (χ1n) is 2.78. The molecule has 0 atom stereocenters. The normalized spacial score (nSPS) is 9.83. The standard InChI is InChI=1S/C5H3FIN3O2/c6-3-1-2(7)4(10(11)12)5(8)9-3/h1H,(H2,8,9). The zero-order chi connectivity index (χ0) is 9.30. The Kier molecular flexibility index (Phi) is 2.40. The Bertz CT molecular complexity index is 320. The van der Waals surface area contributed by atoms with Gasteiger partial charge in [-0.3, -0.25) is 10.1 Å². The van der Waals surface area contributed by atoms with Crippen molar-refractivity contribution < 1.29 is 9.31 Å². The van der Waals surface area contributed by atoms with Crippen LogP contribution in [0.4, 0.5) is 15.9 Å². The summed E-state index contributed by atoms with van der Waals surface area (Å²) in [5.41, 5.74) is 4.78. The van der Waals surface area contributed by atoms with Crippen molar-refractivity contribution in [2.24, 2.45) is 0 Å². The van der Waals surface area contributed by atoms with Gasteiger partial charge in [-0.05, 0) is 22.6 Å². The smallest absolute Gasteiger partial charge is 0.324 e. The van der Waals surface area contributed by atoms with E-state index < -0.39 is 16.7 Å². The van der Waals surface area contributed by atoms with Crippen molar-refractivity contribution in [1.82, 2.24) is 4.98 Å². The molecule has 0 saturated carbocycles. The van der Waals surface area contributed by atoms with E-state index in [-0.39, 0.29) is 9.26 Å². The second-order valence-electron chi connectivity index (χ2n) is 1.92. The first-order valence-corrected chi connectivity index (χ1v) is 3.86. The van der Waals surface area contributed by atoms with E-state index in [1.807, 2.05) is 0 Å². The van der Waals surface area contributed by atoms with Crippen molar-refractivity contribution in [2.75, 3.05) is 5.73 Å². The van der Waals surface area contributed by atoms with Gasteiger partial charge in [0.05, 0.1) is 8.49 Å². The predicted molar refractivity (Wildman–Crippen MR) is 48.0 cm³/mol. The minimum absolute atomic E-state index is 0.141.